The summed E-state index contributed by atoms with van der Waals surface area (Å²) in [4.78, 5) is 12.8. The van der Waals surface area contributed by atoms with E-state index in [1.165, 1.54) is 12.8 Å². The second-order valence-corrected chi connectivity index (χ2v) is 8.93. The van der Waals surface area contributed by atoms with E-state index in [0.717, 1.165) is 29.7 Å². The van der Waals surface area contributed by atoms with E-state index in [9.17, 15) is 4.79 Å². The molecule has 0 spiro atoms. The van der Waals surface area contributed by atoms with E-state index in [-0.39, 0.29) is 11.9 Å². The molecular weight excluding hydrogens is 509 g/mol. The largest absolute Gasteiger partial charge is 0.494 e. The van der Waals surface area contributed by atoms with E-state index < -0.39 is 0 Å². The molecule has 0 saturated carbocycles. The standard InChI is InChI=1S/C28H29Cl2N5O2/c1-2-3-4-5-18-37-26-16-10-23(11-17-26)27(36)33-28(34-31-19-21-6-12-24(29)13-7-21)35-32-20-22-8-14-25(30)15-9-22/h6-17,19-20H,2-5,18H2,1H3,(H2,33,34,35,36). The van der Waals surface area contributed by atoms with Gasteiger partial charge in [0.1, 0.15) is 5.75 Å². The zero-order chi connectivity index (χ0) is 26.3. The number of benzene rings is 3. The van der Waals surface area contributed by atoms with Crippen molar-refractivity contribution in [2.45, 2.75) is 32.6 Å². The molecule has 1 amide bonds. The SMILES string of the molecule is CCCCCCOc1ccc(C(=O)NC(=NN=Cc2ccc(Cl)cc2)NN=Cc2ccc(Cl)cc2)cc1. The third-order valence-corrected chi connectivity index (χ3v) is 5.61. The molecule has 0 bridgehead atoms. The van der Waals surface area contributed by atoms with E-state index in [1.54, 1.807) is 73.1 Å². The summed E-state index contributed by atoms with van der Waals surface area (Å²) in [6, 6.07) is 21.2. The Kier molecular flexibility index (Phi) is 11.6. The number of hydrogen-bond donors (Lipinski definition) is 2. The molecule has 192 valence electrons. The molecule has 0 atom stereocenters. The Balaban J connectivity index is 1.65. The summed E-state index contributed by atoms with van der Waals surface area (Å²) < 4.78 is 5.75. The highest BCUT2D eigenvalue weighted by molar-refractivity contribution is 6.30. The maximum atomic E-state index is 12.8. The Morgan fingerprint density at radius 2 is 1.46 bits per heavy atom. The number of guanidine groups is 1. The van der Waals surface area contributed by atoms with Crippen molar-refractivity contribution in [1.29, 1.82) is 0 Å². The molecule has 0 unspecified atom stereocenters. The molecule has 0 aliphatic rings. The molecule has 0 heterocycles. The minimum atomic E-state index is -0.371. The molecule has 7 nitrogen and oxygen atoms in total. The summed E-state index contributed by atoms with van der Waals surface area (Å²) in [7, 11) is 0. The van der Waals surface area contributed by atoms with Crippen LogP contribution < -0.4 is 15.5 Å². The number of rotatable bonds is 11. The fraction of sp³-hybridized carbons (Fsp3) is 0.214. The molecule has 9 heteroatoms. The average Bonchev–Trinajstić information content (AvgIpc) is 2.91. The van der Waals surface area contributed by atoms with Crippen molar-refractivity contribution in [2.24, 2.45) is 15.3 Å². The molecule has 0 fully saturated rings. The number of hydrogen-bond acceptors (Lipinski definition) is 5. The summed E-state index contributed by atoms with van der Waals surface area (Å²) >= 11 is 11.8. The van der Waals surface area contributed by atoms with Crippen molar-refractivity contribution in [3.05, 3.63) is 99.5 Å². The number of amides is 1. The van der Waals surface area contributed by atoms with E-state index >= 15 is 0 Å². The first kappa shape index (κ1) is 27.9. The molecule has 37 heavy (non-hydrogen) atoms. The van der Waals surface area contributed by atoms with Gasteiger partial charge in [0.05, 0.1) is 19.0 Å². The number of hydrazone groups is 1. The van der Waals surface area contributed by atoms with Crippen LogP contribution in [-0.4, -0.2) is 30.9 Å². The zero-order valence-corrected chi connectivity index (χ0v) is 22.0. The first-order valence-corrected chi connectivity index (χ1v) is 12.7. The van der Waals surface area contributed by atoms with Gasteiger partial charge in [0.25, 0.3) is 5.91 Å². The van der Waals surface area contributed by atoms with Gasteiger partial charge in [-0.2, -0.15) is 10.2 Å². The lowest BCUT2D eigenvalue weighted by Crippen LogP contribution is -2.38. The predicted octanol–water partition coefficient (Wildman–Crippen LogP) is 6.70. The summed E-state index contributed by atoms with van der Waals surface area (Å²) in [5, 5.41) is 16.2. The average molecular weight is 538 g/mol. The highest BCUT2D eigenvalue weighted by atomic mass is 35.5. The summed E-state index contributed by atoms with van der Waals surface area (Å²) in [6.45, 7) is 2.83. The van der Waals surface area contributed by atoms with Gasteiger partial charge in [-0.25, -0.2) is 5.43 Å². The van der Waals surface area contributed by atoms with Crippen LogP contribution in [0, 0.1) is 0 Å². The topological polar surface area (TPSA) is 87.4 Å². The van der Waals surface area contributed by atoms with Crippen LogP contribution in [0.4, 0.5) is 0 Å². The third-order valence-electron chi connectivity index (χ3n) is 5.10. The molecule has 3 aromatic carbocycles. The van der Waals surface area contributed by atoms with Gasteiger partial charge in [-0.15, -0.1) is 5.10 Å². The summed E-state index contributed by atoms with van der Waals surface area (Å²) in [5.41, 5.74) is 4.79. The molecule has 3 aromatic rings. The number of nitrogens with one attached hydrogen (secondary N) is 2. The highest BCUT2D eigenvalue weighted by Gasteiger charge is 2.09. The van der Waals surface area contributed by atoms with Crippen LogP contribution in [-0.2, 0) is 0 Å². The first-order valence-electron chi connectivity index (χ1n) is 12.0. The van der Waals surface area contributed by atoms with Gasteiger partial charge in [-0.1, -0.05) is 73.7 Å². The Hall–Kier alpha value is -3.68. The lowest BCUT2D eigenvalue weighted by Gasteiger charge is -2.09. The van der Waals surface area contributed by atoms with Gasteiger partial charge in [0.15, 0.2) is 0 Å². The molecule has 0 saturated heterocycles. The van der Waals surface area contributed by atoms with Gasteiger partial charge in [0.2, 0.25) is 5.96 Å². The molecule has 0 aliphatic heterocycles. The Bertz CT molecular complexity index is 1210. The van der Waals surface area contributed by atoms with Crippen LogP contribution in [0.15, 0.2) is 88.1 Å². The summed E-state index contributed by atoms with van der Waals surface area (Å²) in [5.74, 6) is 0.404. The Morgan fingerprint density at radius 3 is 2.08 bits per heavy atom. The lowest BCUT2D eigenvalue weighted by molar-refractivity contribution is 0.0975. The Labute approximate surface area is 227 Å². The zero-order valence-electron chi connectivity index (χ0n) is 20.5. The number of unbranched alkanes of at least 4 members (excludes halogenated alkanes) is 3. The highest BCUT2D eigenvalue weighted by Crippen LogP contribution is 2.13. The lowest BCUT2D eigenvalue weighted by atomic mass is 10.2. The van der Waals surface area contributed by atoms with Crippen LogP contribution in [0.2, 0.25) is 10.0 Å². The number of carbonyl (C=O) groups excluding carboxylic acids is 1. The number of nitrogens with zero attached hydrogens (tertiary/aromatic N) is 3. The second-order valence-electron chi connectivity index (χ2n) is 8.05. The van der Waals surface area contributed by atoms with Gasteiger partial charge >= 0.3 is 0 Å². The van der Waals surface area contributed by atoms with Gasteiger partial charge < -0.3 is 4.74 Å². The molecule has 3 rings (SSSR count). The van der Waals surface area contributed by atoms with Crippen LogP contribution in [0.5, 0.6) is 5.75 Å². The van der Waals surface area contributed by atoms with E-state index in [1.807, 2.05) is 12.1 Å². The van der Waals surface area contributed by atoms with Gasteiger partial charge in [-0.3, -0.25) is 10.1 Å². The minimum Gasteiger partial charge on any atom is -0.494 e. The third kappa shape index (κ3) is 10.5. The summed E-state index contributed by atoms with van der Waals surface area (Å²) in [6.07, 6.45) is 7.66. The molecule has 0 aromatic heterocycles. The van der Waals surface area contributed by atoms with E-state index in [0.29, 0.717) is 22.2 Å². The molecule has 0 aliphatic carbocycles. The number of halogens is 2. The van der Waals surface area contributed by atoms with Gasteiger partial charge in [-0.05, 0) is 66.1 Å². The van der Waals surface area contributed by atoms with Crippen molar-refractivity contribution in [3.8, 4) is 5.75 Å². The van der Waals surface area contributed by atoms with E-state index in [4.69, 9.17) is 27.9 Å². The van der Waals surface area contributed by atoms with Crippen LogP contribution in [0.1, 0.15) is 54.1 Å². The fourth-order valence-electron chi connectivity index (χ4n) is 3.10. The predicted molar refractivity (Wildman–Crippen MR) is 152 cm³/mol. The van der Waals surface area contributed by atoms with Gasteiger partial charge in [0, 0.05) is 15.6 Å². The Morgan fingerprint density at radius 1 is 0.838 bits per heavy atom. The quantitative estimate of drug-likeness (QED) is 0.123. The number of carbonyl (C=O) groups is 1. The molecule has 0 radical (unpaired) electrons. The van der Waals surface area contributed by atoms with Crippen molar-refractivity contribution < 1.29 is 9.53 Å². The normalized spacial score (nSPS) is 11.7. The first-order chi connectivity index (χ1) is 18.0. The van der Waals surface area contributed by atoms with Crippen molar-refractivity contribution in [1.82, 2.24) is 10.7 Å². The smallest absolute Gasteiger partial charge is 0.258 e. The van der Waals surface area contributed by atoms with Crippen LogP contribution in [0.3, 0.4) is 0 Å². The van der Waals surface area contributed by atoms with Crippen molar-refractivity contribution in [2.75, 3.05) is 6.61 Å². The van der Waals surface area contributed by atoms with Crippen molar-refractivity contribution >= 4 is 47.5 Å². The maximum Gasteiger partial charge on any atom is 0.258 e. The minimum absolute atomic E-state index is 0.0525. The molecular formula is C28H29Cl2N5O2. The van der Waals surface area contributed by atoms with Crippen molar-refractivity contribution in [3.63, 3.8) is 0 Å². The maximum absolute atomic E-state index is 12.8. The second kappa shape index (κ2) is 15.4. The monoisotopic (exact) mass is 537 g/mol. The fourth-order valence-corrected chi connectivity index (χ4v) is 3.35. The molecule has 2 N–H and O–H groups in total. The number of ether oxygens (including phenoxy) is 1. The van der Waals surface area contributed by atoms with Crippen LogP contribution >= 0.6 is 23.2 Å². The van der Waals surface area contributed by atoms with E-state index in [2.05, 4.69) is 33.0 Å². The van der Waals surface area contributed by atoms with Crippen LogP contribution in [0.25, 0.3) is 0 Å².